The monoisotopic (exact) mass is 711 g/mol. The Morgan fingerprint density at radius 3 is 2.33 bits per heavy atom. The first kappa shape index (κ1) is 33.7. The number of hydrogen-bond acceptors (Lipinski definition) is 7. The lowest BCUT2D eigenvalue weighted by Gasteiger charge is -2.37. The van der Waals surface area contributed by atoms with E-state index in [0.717, 1.165) is 11.4 Å². The van der Waals surface area contributed by atoms with Gasteiger partial charge in [-0.05, 0) is 63.1 Å². The molecule has 6 rings (SSSR count). The van der Waals surface area contributed by atoms with Crippen molar-refractivity contribution in [2.24, 2.45) is 5.73 Å². The second-order valence-corrected chi connectivity index (χ2v) is 14.5. The first-order chi connectivity index (χ1) is 22.9. The van der Waals surface area contributed by atoms with Gasteiger partial charge in [0.05, 0.1) is 10.7 Å². The lowest BCUT2D eigenvalue weighted by Crippen LogP contribution is -2.55. The van der Waals surface area contributed by atoms with E-state index < -0.39 is 16.1 Å². The molecule has 2 fully saturated rings. The fraction of sp³-hybridized carbons (Fsp3) is 0.333. The minimum Gasteiger partial charge on any atom is -0.485 e. The Labute approximate surface area is 288 Å². The molecule has 12 nitrogen and oxygen atoms in total. The van der Waals surface area contributed by atoms with E-state index in [4.69, 9.17) is 39.1 Å². The number of ether oxygens (including phenoxy) is 1. The Morgan fingerprint density at radius 2 is 1.65 bits per heavy atom. The summed E-state index contributed by atoms with van der Waals surface area (Å²) < 4.78 is 37.3. The molecule has 4 heterocycles. The number of aryl methyl sites for hydroxylation is 2. The van der Waals surface area contributed by atoms with Gasteiger partial charge in [0.25, 0.3) is 5.91 Å². The molecule has 0 spiro atoms. The smallest absolute Gasteiger partial charge is 0.253 e. The number of aromatic nitrogens is 2. The molecule has 4 aromatic rings. The number of benzene rings is 2. The van der Waals surface area contributed by atoms with Crippen LogP contribution in [-0.2, 0) is 21.4 Å². The molecule has 2 aliphatic rings. The van der Waals surface area contributed by atoms with Crippen molar-refractivity contribution in [2.45, 2.75) is 44.2 Å². The number of nitrogens with one attached hydrogen (secondary N) is 1. The fourth-order valence-electron chi connectivity index (χ4n) is 6.16. The Bertz CT molecular complexity index is 2030. The summed E-state index contributed by atoms with van der Waals surface area (Å²) in [4.78, 5) is 34.5. The Balaban J connectivity index is 1.15. The van der Waals surface area contributed by atoms with Crippen LogP contribution in [0.1, 0.15) is 45.7 Å². The van der Waals surface area contributed by atoms with Crippen molar-refractivity contribution >= 4 is 56.5 Å². The Hall–Kier alpha value is -4.17. The standard InChI is InChI=1S/C33H35Cl2N7O5S/c1-20-21(2)41-13-4-6-27(31(41)38-20)47-19-24-25(34)11-12-28(29(24)35)48(45,46)42-14-3-5-26(42)33(44)40-17-15-39(16-18-40)32(43)23-9-7-22(8-10-23)30(36)37/h4,6-13,26H,3,5,14-19H2,1-2H3,(H3,36,37). The van der Waals surface area contributed by atoms with Crippen LogP contribution in [0.5, 0.6) is 5.75 Å². The molecule has 1 unspecified atom stereocenters. The zero-order valence-corrected chi connectivity index (χ0v) is 28.8. The Morgan fingerprint density at radius 1 is 0.979 bits per heavy atom. The number of carbonyl (C=O) groups excluding carboxylic acids is 2. The quantitative estimate of drug-likeness (QED) is 0.205. The number of pyridine rings is 1. The van der Waals surface area contributed by atoms with Gasteiger partial charge in [-0.25, -0.2) is 13.4 Å². The van der Waals surface area contributed by atoms with Crippen molar-refractivity contribution in [3.8, 4) is 5.75 Å². The predicted molar refractivity (Wildman–Crippen MR) is 182 cm³/mol. The maximum Gasteiger partial charge on any atom is 0.253 e. The number of carbonyl (C=O) groups is 2. The highest BCUT2D eigenvalue weighted by molar-refractivity contribution is 7.89. The van der Waals surface area contributed by atoms with Crippen LogP contribution in [0.15, 0.2) is 59.6 Å². The van der Waals surface area contributed by atoms with E-state index in [1.807, 2.05) is 30.5 Å². The molecular formula is C33H35Cl2N7O5S. The molecule has 1 atom stereocenters. The highest BCUT2D eigenvalue weighted by atomic mass is 35.5. The number of hydrogen-bond donors (Lipinski definition) is 2. The van der Waals surface area contributed by atoms with Crippen molar-refractivity contribution in [1.29, 1.82) is 5.41 Å². The molecule has 0 bridgehead atoms. The van der Waals surface area contributed by atoms with Gasteiger partial charge in [-0.15, -0.1) is 0 Å². The average Bonchev–Trinajstić information content (AvgIpc) is 3.69. The molecular weight excluding hydrogens is 677 g/mol. The van der Waals surface area contributed by atoms with Gasteiger partial charge >= 0.3 is 0 Å². The van der Waals surface area contributed by atoms with Gasteiger partial charge < -0.3 is 24.7 Å². The highest BCUT2D eigenvalue weighted by Crippen LogP contribution is 2.36. The molecule has 252 valence electrons. The van der Waals surface area contributed by atoms with Crippen LogP contribution in [0, 0.1) is 19.3 Å². The van der Waals surface area contributed by atoms with Crippen molar-refractivity contribution < 1.29 is 22.7 Å². The number of fused-ring (bicyclic) bond motifs is 1. The summed E-state index contributed by atoms with van der Waals surface area (Å²) >= 11 is 13.2. The van der Waals surface area contributed by atoms with Crippen LogP contribution in [0.3, 0.4) is 0 Å². The van der Waals surface area contributed by atoms with Crippen molar-refractivity contribution in [2.75, 3.05) is 32.7 Å². The van der Waals surface area contributed by atoms with E-state index in [2.05, 4.69) is 4.98 Å². The molecule has 2 aliphatic heterocycles. The molecule has 2 aromatic heterocycles. The largest absolute Gasteiger partial charge is 0.485 e. The maximum atomic E-state index is 14.1. The van der Waals surface area contributed by atoms with Gasteiger partial charge in [0.2, 0.25) is 15.9 Å². The van der Waals surface area contributed by atoms with Crippen LogP contribution in [0.25, 0.3) is 5.65 Å². The molecule has 3 N–H and O–H groups in total. The van der Waals surface area contributed by atoms with Gasteiger partial charge in [0.15, 0.2) is 11.4 Å². The number of sulfonamides is 1. The van der Waals surface area contributed by atoms with Crippen LogP contribution in [-0.4, -0.2) is 88.3 Å². The van der Waals surface area contributed by atoms with Crippen molar-refractivity contribution in [1.82, 2.24) is 23.5 Å². The van der Waals surface area contributed by atoms with E-state index in [1.54, 1.807) is 40.1 Å². The first-order valence-electron chi connectivity index (χ1n) is 15.5. The molecule has 0 aliphatic carbocycles. The van der Waals surface area contributed by atoms with Crippen LogP contribution in [0.2, 0.25) is 10.0 Å². The molecule has 15 heteroatoms. The van der Waals surface area contributed by atoms with E-state index in [1.165, 1.54) is 16.4 Å². The minimum absolute atomic E-state index is 0.0632. The van der Waals surface area contributed by atoms with E-state index in [0.29, 0.717) is 54.0 Å². The lowest BCUT2D eigenvalue weighted by atomic mass is 10.1. The summed E-state index contributed by atoms with van der Waals surface area (Å²) in [5.74, 6) is -0.0827. The van der Waals surface area contributed by atoms with Gasteiger partial charge in [-0.3, -0.25) is 15.0 Å². The zero-order chi connectivity index (χ0) is 34.3. The number of amides is 2. The number of halogens is 2. The third-order valence-electron chi connectivity index (χ3n) is 9.01. The zero-order valence-electron chi connectivity index (χ0n) is 26.4. The number of nitrogen functional groups attached to an aromatic ring is 1. The third kappa shape index (κ3) is 6.23. The van der Waals surface area contributed by atoms with E-state index >= 15 is 0 Å². The summed E-state index contributed by atoms with van der Waals surface area (Å²) in [6.45, 7) is 5.07. The minimum atomic E-state index is -4.20. The molecule has 2 amide bonds. The summed E-state index contributed by atoms with van der Waals surface area (Å²) in [5, 5.41) is 7.72. The van der Waals surface area contributed by atoms with Crippen LogP contribution >= 0.6 is 23.2 Å². The Kier molecular flexibility index (Phi) is 9.40. The molecule has 2 aromatic carbocycles. The number of rotatable bonds is 8. The van der Waals surface area contributed by atoms with E-state index in [9.17, 15) is 18.0 Å². The van der Waals surface area contributed by atoms with E-state index in [-0.39, 0.29) is 58.8 Å². The summed E-state index contributed by atoms with van der Waals surface area (Å²) in [6.07, 6.45) is 2.77. The number of nitrogens with two attached hydrogens (primary N) is 1. The SMILES string of the molecule is Cc1nc2c(OCc3c(Cl)ccc(S(=O)(=O)N4CCCC4C(=O)N4CCN(C(=O)c5ccc(C(=N)N)cc5)CC4)c3Cl)cccn2c1C. The molecule has 48 heavy (non-hydrogen) atoms. The second kappa shape index (κ2) is 13.4. The summed E-state index contributed by atoms with van der Waals surface area (Å²) in [7, 11) is -4.20. The van der Waals surface area contributed by atoms with Gasteiger partial charge in [-0.2, -0.15) is 4.31 Å². The topological polar surface area (TPSA) is 154 Å². The summed E-state index contributed by atoms with van der Waals surface area (Å²) in [5.41, 5.74) is 9.25. The van der Waals surface area contributed by atoms with Gasteiger partial charge in [0.1, 0.15) is 23.4 Å². The number of amidine groups is 1. The first-order valence-corrected chi connectivity index (χ1v) is 17.7. The average molecular weight is 713 g/mol. The number of piperazine rings is 1. The molecule has 0 saturated carbocycles. The molecule has 2 saturated heterocycles. The van der Waals surface area contributed by atoms with Crippen molar-refractivity contribution in [3.05, 3.63) is 92.9 Å². The van der Waals surface area contributed by atoms with Crippen LogP contribution in [0.4, 0.5) is 0 Å². The van der Waals surface area contributed by atoms with Gasteiger partial charge in [-0.1, -0.05) is 35.3 Å². The number of imidazole rings is 1. The number of nitrogens with zero attached hydrogens (tertiary/aromatic N) is 5. The normalized spacial score (nSPS) is 17.2. The maximum absolute atomic E-state index is 14.1. The lowest BCUT2D eigenvalue weighted by molar-refractivity contribution is -0.136. The fourth-order valence-corrected chi connectivity index (χ4v) is 8.68. The molecule has 0 radical (unpaired) electrons. The third-order valence-corrected chi connectivity index (χ3v) is 11.9. The van der Waals surface area contributed by atoms with Crippen LogP contribution < -0.4 is 10.5 Å². The van der Waals surface area contributed by atoms with Gasteiger partial charge in [0, 0.05) is 66.3 Å². The summed E-state index contributed by atoms with van der Waals surface area (Å²) in [6, 6.07) is 12.0. The van der Waals surface area contributed by atoms with Crippen molar-refractivity contribution in [3.63, 3.8) is 0 Å². The second-order valence-electron chi connectivity index (χ2n) is 11.9. The highest BCUT2D eigenvalue weighted by Gasteiger charge is 2.43. The predicted octanol–water partition coefficient (Wildman–Crippen LogP) is 4.26.